The molecule has 2 fully saturated rings. The molecule has 146 valence electrons. The van der Waals surface area contributed by atoms with E-state index in [0.29, 0.717) is 0 Å². The second-order valence-electron chi connectivity index (χ2n) is 7.59. The molecule has 6 nitrogen and oxygen atoms in total. The first kappa shape index (κ1) is 17.7. The average molecular weight is 377 g/mol. The molecule has 0 bridgehead atoms. The average Bonchev–Trinajstić information content (AvgIpc) is 3.18. The summed E-state index contributed by atoms with van der Waals surface area (Å²) in [5.41, 5.74) is 5.90. The number of aromatic nitrogens is 2. The Hall–Kier alpha value is -2.41. The van der Waals surface area contributed by atoms with Gasteiger partial charge in [0, 0.05) is 79.9 Å². The van der Waals surface area contributed by atoms with Gasteiger partial charge in [-0.25, -0.2) is 0 Å². The maximum absolute atomic E-state index is 5.46. The summed E-state index contributed by atoms with van der Waals surface area (Å²) in [5, 5.41) is 4.60. The lowest BCUT2D eigenvalue weighted by Crippen LogP contribution is -2.43. The second kappa shape index (κ2) is 7.91. The Morgan fingerprint density at radius 1 is 0.964 bits per heavy atom. The molecule has 2 N–H and O–H groups in total. The largest absolute Gasteiger partial charge is 0.379 e. The zero-order valence-corrected chi connectivity index (χ0v) is 16.2. The summed E-state index contributed by atoms with van der Waals surface area (Å²) in [5.74, 6) is 0. The van der Waals surface area contributed by atoms with Crippen molar-refractivity contribution in [2.45, 2.75) is 6.54 Å². The number of aromatic amines is 1. The second-order valence-corrected chi connectivity index (χ2v) is 7.59. The van der Waals surface area contributed by atoms with Gasteiger partial charge in [-0.15, -0.1) is 0 Å². The molecule has 2 aliphatic heterocycles. The highest BCUT2D eigenvalue weighted by molar-refractivity contribution is 5.93. The van der Waals surface area contributed by atoms with Gasteiger partial charge in [0.15, 0.2) is 0 Å². The smallest absolute Gasteiger partial charge is 0.0795 e. The van der Waals surface area contributed by atoms with Crippen molar-refractivity contribution in [3.8, 4) is 11.3 Å². The highest BCUT2D eigenvalue weighted by Crippen LogP contribution is 2.29. The number of nitrogens with one attached hydrogen (secondary N) is 2. The van der Waals surface area contributed by atoms with E-state index in [4.69, 9.17) is 9.72 Å². The van der Waals surface area contributed by atoms with Crippen LogP contribution in [0.3, 0.4) is 0 Å². The zero-order valence-electron chi connectivity index (χ0n) is 16.2. The van der Waals surface area contributed by atoms with E-state index in [9.17, 15) is 0 Å². The van der Waals surface area contributed by atoms with E-state index < -0.39 is 0 Å². The van der Waals surface area contributed by atoms with Gasteiger partial charge in [0.1, 0.15) is 0 Å². The van der Waals surface area contributed by atoms with Crippen LogP contribution >= 0.6 is 0 Å². The topological polar surface area (TPSA) is 56.4 Å². The molecule has 4 heterocycles. The lowest BCUT2D eigenvalue weighted by molar-refractivity contribution is 0.0337. The first-order valence-corrected chi connectivity index (χ1v) is 10.2. The van der Waals surface area contributed by atoms with Gasteiger partial charge < -0.3 is 19.9 Å². The molecule has 2 saturated heterocycles. The Morgan fingerprint density at radius 3 is 2.54 bits per heavy atom. The Morgan fingerprint density at radius 2 is 1.75 bits per heavy atom. The minimum atomic E-state index is 0.826. The third-order valence-electron chi connectivity index (χ3n) is 5.72. The predicted molar refractivity (Wildman–Crippen MR) is 113 cm³/mol. The van der Waals surface area contributed by atoms with Crippen LogP contribution in [0.25, 0.3) is 22.2 Å². The summed E-state index contributed by atoms with van der Waals surface area (Å²) in [6.45, 7) is 8.81. The van der Waals surface area contributed by atoms with E-state index in [0.717, 1.165) is 70.2 Å². The van der Waals surface area contributed by atoms with Crippen LogP contribution in [0.15, 0.2) is 42.6 Å². The fraction of sp³-hybridized carbons (Fsp3) is 0.409. The molecule has 0 radical (unpaired) electrons. The number of ether oxygens (including phenoxy) is 1. The molecule has 1 aromatic carbocycles. The van der Waals surface area contributed by atoms with E-state index in [1.165, 1.54) is 22.3 Å². The molecule has 28 heavy (non-hydrogen) atoms. The van der Waals surface area contributed by atoms with Crippen molar-refractivity contribution >= 4 is 16.6 Å². The molecule has 3 aromatic rings. The van der Waals surface area contributed by atoms with Crippen LogP contribution in [0.4, 0.5) is 5.69 Å². The summed E-state index contributed by atoms with van der Waals surface area (Å²) in [4.78, 5) is 13.2. The molecule has 0 saturated carbocycles. The van der Waals surface area contributed by atoms with Gasteiger partial charge in [-0.2, -0.15) is 0 Å². The normalized spacial score (nSPS) is 18.6. The Balaban J connectivity index is 1.40. The minimum absolute atomic E-state index is 0.826. The molecule has 0 aliphatic carbocycles. The molecule has 0 amide bonds. The van der Waals surface area contributed by atoms with Crippen LogP contribution in [0, 0.1) is 0 Å². The van der Waals surface area contributed by atoms with Crippen molar-refractivity contribution in [1.82, 2.24) is 20.2 Å². The number of nitrogens with zero attached hydrogens (tertiary/aromatic N) is 3. The van der Waals surface area contributed by atoms with Crippen molar-refractivity contribution in [3.05, 3.63) is 48.3 Å². The predicted octanol–water partition coefficient (Wildman–Crippen LogP) is 2.47. The van der Waals surface area contributed by atoms with E-state index in [2.05, 4.69) is 56.5 Å². The number of H-pyrrole nitrogens is 1. The zero-order chi connectivity index (χ0) is 18.8. The highest BCUT2D eigenvalue weighted by Gasteiger charge is 2.15. The maximum atomic E-state index is 5.46. The molecule has 2 aliphatic rings. The van der Waals surface area contributed by atoms with Crippen LogP contribution in [-0.2, 0) is 11.3 Å². The molecule has 6 heteroatoms. The minimum Gasteiger partial charge on any atom is -0.379 e. The summed E-state index contributed by atoms with van der Waals surface area (Å²) in [6, 6.07) is 13.2. The fourth-order valence-electron chi connectivity index (χ4n) is 4.18. The molecular weight excluding hydrogens is 350 g/mol. The standard InChI is InChI=1S/C22H27N5O/c1-3-19(27-9-7-23-8-10-27)4-2-17(1)22-20-15-18(25-21(20)5-6-24-22)16-26-11-13-28-14-12-26/h1-6,15,23,25H,7-14,16H2. The Bertz CT molecular complexity index is 924. The van der Waals surface area contributed by atoms with Gasteiger partial charge >= 0.3 is 0 Å². The number of anilines is 1. The summed E-state index contributed by atoms with van der Waals surface area (Å²) in [6.07, 6.45) is 1.90. The monoisotopic (exact) mass is 377 g/mol. The lowest BCUT2D eigenvalue weighted by Gasteiger charge is -2.29. The third-order valence-corrected chi connectivity index (χ3v) is 5.72. The third kappa shape index (κ3) is 3.63. The van der Waals surface area contributed by atoms with Crippen LogP contribution in [0.1, 0.15) is 5.69 Å². The number of piperazine rings is 1. The van der Waals surface area contributed by atoms with E-state index in [1.54, 1.807) is 0 Å². The number of pyridine rings is 1. The van der Waals surface area contributed by atoms with Crippen LogP contribution in [-0.4, -0.2) is 67.4 Å². The van der Waals surface area contributed by atoms with Gasteiger partial charge in [-0.3, -0.25) is 9.88 Å². The highest BCUT2D eigenvalue weighted by atomic mass is 16.5. The molecule has 5 rings (SSSR count). The quantitative estimate of drug-likeness (QED) is 0.732. The van der Waals surface area contributed by atoms with Crippen molar-refractivity contribution < 1.29 is 4.74 Å². The van der Waals surface area contributed by atoms with Crippen molar-refractivity contribution in [1.29, 1.82) is 0 Å². The first-order valence-electron chi connectivity index (χ1n) is 10.2. The van der Waals surface area contributed by atoms with Gasteiger partial charge in [0.25, 0.3) is 0 Å². The van der Waals surface area contributed by atoms with Gasteiger partial charge in [0.05, 0.1) is 18.9 Å². The molecule has 2 aromatic heterocycles. The summed E-state index contributed by atoms with van der Waals surface area (Å²) in [7, 11) is 0. The fourth-order valence-corrected chi connectivity index (χ4v) is 4.18. The van der Waals surface area contributed by atoms with Gasteiger partial charge in [0.2, 0.25) is 0 Å². The van der Waals surface area contributed by atoms with E-state index >= 15 is 0 Å². The van der Waals surface area contributed by atoms with Crippen LogP contribution < -0.4 is 10.2 Å². The molecular formula is C22H27N5O. The number of hydrogen-bond acceptors (Lipinski definition) is 5. The van der Waals surface area contributed by atoms with Gasteiger partial charge in [-0.1, -0.05) is 12.1 Å². The van der Waals surface area contributed by atoms with Crippen LogP contribution in [0.2, 0.25) is 0 Å². The number of rotatable bonds is 4. The van der Waals surface area contributed by atoms with E-state index in [1.807, 2.05) is 6.20 Å². The molecule has 0 atom stereocenters. The maximum Gasteiger partial charge on any atom is 0.0795 e. The number of fused-ring (bicyclic) bond motifs is 1. The Labute approximate surface area is 165 Å². The van der Waals surface area contributed by atoms with Crippen molar-refractivity contribution in [2.75, 3.05) is 57.4 Å². The van der Waals surface area contributed by atoms with Crippen LogP contribution in [0.5, 0.6) is 0 Å². The first-order chi connectivity index (χ1) is 13.9. The molecule has 0 unspecified atom stereocenters. The number of morpholine rings is 1. The number of hydrogen-bond donors (Lipinski definition) is 2. The number of benzene rings is 1. The summed E-state index contributed by atoms with van der Waals surface area (Å²) >= 11 is 0. The summed E-state index contributed by atoms with van der Waals surface area (Å²) < 4.78 is 5.46. The van der Waals surface area contributed by atoms with Gasteiger partial charge in [-0.05, 0) is 24.3 Å². The van der Waals surface area contributed by atoms with E-state index in [-0.39, 0.29) is 0 Å². The lowest BCUT2D eigenvalue weighted by atomic mass is 10.1. The molecule has 0 spiro atoms. The van der Waals surface area contributed by atoms with Crippen molar-refractivity contribution in [2.24, 2.45) is 0 Å². The van der Waals surface area contributed by atoms with Crippen molar-refractivity contribution in [3.63, 3.8) is 0 Å². The SMILES string of the molecule is c1cc2[nH]c(CN3CCOCC3)cc2c(-c2ccc(N3CCNCC3)cc2)n1. The Kier molecular flexibility index (Phi) is 4.99.